The van der Waals surface area contributed by atoms with E-state index in [2.05, 4.69) is 15.9 Å². The third-order valence-corrected chi connectivity index (χ3v) is 8.61. The first-order chi connectivity index (χ1) is 12.9. The minimum absolute atomic E-state index is 0.0262. The SMILES string of the molecule is CN(Cc1ccc(Br)cc1)C(=O)Cc1ccc(S(=O)(=O)N2CCCCC2)s1. The van der Waals surface area contributed by atoms with Crippen molar-refractivity contribution < 1.29 is 13.2 Å². The number of hydrogen-bond donors (Lipinski definition) is 0. The summed E-state index contributed by atoms with van der Waals surface area (Å²) >= 11 is 4.60. The fourth-order valence-corrected chi connectivity index (χ4v) is 6.34. The number of piperidine rings is 1. The lowest BCUT2D eigenvalue weighted by molar-refractivity contribution is -0.129. The van der Waals surface area contributed by atoms with Crippen molar-refractivity contribution in [1.82, 2.24) is 9.21 Å². The molecule has 0 N–H and O–H groups in total. The lowest BCUT2D eigenvalue weighted by Crippen LogP contribution is -2.35. The highest BCUT2D eigenvalue weighted by atomic mass is 79.9. The van der Waals surface area contributed by atoms with Gasteiger partial charge in [-0.1, -0.05) is 34.5 Å². The zero-order valence-electron chi connectivity index (χ0n) is 15.2. The largest absolute Gasteiger partial charge is 0.341 e. The van der Waals surface area contributed by atoms with Crippen LogP contribution in [0.5, 0.6) is 0 Å². The van der Waals surface area contributed by atoms with E-state index in [1.807, 2.05) is 24.3 Å². The summed E-state index contributed by atoms with van der Waals surface area (Å²) in [4.78, 5) is 15.0. The van der Waals surface area contributed by atoms with E-state index in [0.29, 0.717) is 23.8 Å². The van der Waals surface area contributed by atoms with Crippen molar-refractivity contribution in [2.45, 2.75) is 36.4 Å². The normalized spacial score (nSPS) is 15.6. The molecule has 1 aromatic heterocycles. The number of likely N-dealkylation sites (N-methyl/N-ethyl adjacent to an activating group) is 1. The van der Waals surface area contributed by atoms with Gasteiger partial charge >= 0.3 is 0 Å². The van der Waals surface area contributed by atoms with Crippen LogP contribution in [0.15, 0.2) is 45.1 Å². The smallest absolute Gasteiger partial charge is 0.252 e. The summed E-state index contributed by atoms with van der Waals surface area (Å²) in [5.74, 6) is -0.0262. The number of hydrogen-bond acceptors (Lipinski definition) is 4. The van der Waals surface area contributed by atoms with Gasteiger partial charge in [-0.3, -0.25) is 4.79 Å². The van der Waals surface area contributed by atoms with Gasteiger partial charge in [0.15, 0.2) is 0 Å². The summed E-state index contributed by atoms with van der Waals surface area (Å²) in [5.41, 5.74) is 1.05. The molecule has 1 amide bonds. The number of nitrogens with zero attached hydrogens (tertiary/aromatic N) is 2. The van der Waals surface area contributed by atoms with Crippen LogP contribution < -0.4 is 0 Å². The predicted molar refractivity (Wildman–Crippen MR) is 111 cm³/mol. The van der Waals surface area contributed by atoms with E-state index >= 15 is 0 Å². The second-order valence-corrected chi connectivity index (χ2v) is 11.0. The summed E-state index contributed by atoms with van der Waals surface area (Å²) in [6, 6.07) is 11.2. The van der Waals surface area contributed by atoms with E-state index in [-0.39, 0.29) is 12.3 Å². The van der Waals surface area contributed by atoms with Crippen molar-refractivity contribution >= 4 is 43.2 Å². The number of rotatable bonds is 6. The second kappa shape index (κ2) is 8.86. The molecule has 3 rings (SSSR count). The highest BCUT2D eigenvalue weighted by Gasteiger charge is 2.27. The zero-order chi connectivity index (χ0) is 19.4. The molecular formula is C19H23BrN2O3S2. The van der Waals surface area contributed by atoms with E-state index < -0.39 is 10.0 Å². The van der Waals surface area contributed by atoms with Gasteiger partial charge in [-0.2, -0.15) is 4.31 Å². The third-order valence-electron chi connectivity index (χ3n) is 4.63. The number of benzene rings is 1. The van der Waals surface area contributed by atoms with Crippen molar-refractivity contribution in [3.05, 3.63) is 51.3 Å². The van der Waals surface area contributed by atoms with Crippen molar-refractivity contribution in [2.24, 2.45) is 0 Å². The number of sulfonamides is 1. The van der Waals surface area contributed by atoms with Gasteiger partial charge in [0.25, 0.3) is 10.0 Å². The van der Waals surface area contributed by atoms with Gasteiger partial charge in [-0.25, -0.2) is 8.42 Å². The van der Waals surface area contributed by atoms with Crippen LogP contribution in [0.25, 0.3) is 0 Å². The van der Waals surface area contributed by atoms with Gasteiger partial charge in [0.2, 0.25) is 5.91 Å². The Labute approximate surface area is 173 Å². The summed E-state index contributed by atoms with van der Waals surface area (Å²) in [6.07, 6.45) is 3.13. The molecule has 2 heterocycles. The molecule has 8 heteroatoms. The maximum Gasteiger partial charge on any atom is 0.252 e. The van der Waals surface area contributed by atoms with Crippen molar-refractivity contribution in [3.8, 4) is 0 Å². The number of thiophene rings is 1. The lowest BCUT2D eigenvalue weighted by atomic mass is 10.2. The van der Waals surface area contributed by atoms with Gasteiger partial charge in [0.05, 0.1) is 6.42 Å². The van der Waals surface area contributed by atoms with Gasteiger partial charge in [-0.05, 0) is 42.7 Å². The minimum Gasteiger partial charge on any atom is -0.341 e. The Balaban J connectivity index is 1.62. The van der Waals surface area contributed by atoms with Crippen LogP contribution >= 0.6 is 27.3 Å². The topological polar surface area (TPSA) is 57.7 Å². The van der Waals surface area contributed by atoms with Crippen LogP contribution in [-0.2, 0) is 27.8 Å². The van der Waals surface area contributed by atoms with E-state index in [9.17, 15) is 13.2 Å². The first-order valence-electron chi connectivity index (χ1n) is 8.93. The minimum atomic E-state index is -3.43. The van der Waals surface area contributed by atoms with E-state index in [0.717, 1.165) is 34.2 Å². The number of carbonyl (C=O) groups is 1. The molecule has 0 unspecified atom stereocenters. The highest BCUT2D eigenvalue weighted by Crippen LogP contribution is 2.27. The fraction of sp³-hybridized carbons (Fsp3) is 0.421. The monoisotopic (exact) mass is 470 g/mol. The van der Waals surface area contributed by atoms with Crippen LogP contribution in [0.1, 0.15) is 29.7 Å². The van der Waals surface area contributed by atoms with Gasteiger partial charge in [-0.15, -0.1) is 11.3 Å². The van der Waals surface area contributed by atoms with Gasteiger partial charge < -0.3 is 4.90 Å². The molecule has 1 saturated heterocycles. The van der Waals surface area contributed by atoms with Gasteiger partial charge in [0.1, 0.15) is 4.21 Å². The van der Waals surface area contributed by atoms with Crippen LogP contribution in [0.2, 0.25) is 0 Å². The average molecular weight is 471 g/mol. The molecule has 146 valence electrons. The Bertz CT molecular complexity index is 888. The fourth-order valence-electron chi connectivity index (χ4n) is 3.06. The molecule has 2 aromatic rings. The van der Waals surface area contributed by atoms with Crippen LogP contribution in [0.4, 0.5) is 0 Å². The van der Waals surface area contributed by atoms with Gasteiger partial charge in [0, 0.05) is 36.0 Å². The number of halogens is 1. The molecular weight excluding hydrogens is 448 g/mol. The standard InChI is InChI=1S/C19H23BrN2O3S2/c1-21(14-15-5-7-16(20)8-6-15)18(23)13-17-9-10-19(26-17)27(24,25)22-11-3-2-4-12-22/h5-10H,2-4,11-14H2,1H3. The first kappa shape index (κ1) is 20.5. The lowest BCUT2D eigenvalue weighted by Gasteiger charge is -2.25. The average Bonchev–Trinajstić information content (AvgIpc) is 3.13. The van der Waals surface area contributed by atoms with Crippen molar-refractivity contribution in [3.63, 3.8) is 0 Å². The molecule has 0 radical (unpaired) electrons. The summed E-state index contributed by atoms with van der Waals surface area (Å²) in [5, 5.41) is 0. The van der Waals surface area contributed by atoms with Crippen molar-refractivity contribution in [1.29, 1.82) is 0 Å². The van der Waals surface area contributed by atoms with Crippen molar-refractivity contribution in [2.75, 3.05) is 20.1 Å². The zero-order valence-corrected chi connectivity index (χ0v) is 18.4. The van der Waals surface area contributed by atoms with E-state index in [4.69, 9.17) is 0 Å². The summed E-state index contributed by atoms with van der Waals surface area (Å²) in [6.45, 7) is 1.70. The highest BCUT2D eigenvalue weighted by molar-refractivity contribution is 9.10. The molecule has 1 aliphatic rings. The van der Waals surface area contributed by atoms with E-state index in [1.54, 1.807) is 28.4 Å². The Morgan fingerprint density at radius 1 is 1.11 bits per heavy atom. The van der Waals surface area contributed by atoms with Crippen LogP contribution in [0, 0.1) is 0 Å². The molecule has 0 bridgehead atoms. The molecule has 27 heavy (non-hydrogen) atoms. The molecule has 0 atom stereocenters. The Morgan fingerprint density at radius 3 is 2.44 bits per heavy atom. The summed E-state index contributed by atoms with van der Waals surface area (Å²) < 4.78 is 28.4. The summed E-state index contributed by atoms with van der Waals surface area (Å²) in [7, 11) is -1.66. The molecule has 1 aromatic carbocycles. The van der Waals surface area contributed by atoms with Crippen LogP contribution in [-0.4, -0.2) is 43.7 Å². The number of carbonyl (C=O) groups excluding carboxylic acids is 1. The molecule has 0 aliphatic carbocycles. The quantitative estimate of drug-likeness (QED) is 0.643. The molecule has 1 fully saturated rings. The Kier molecular flexibility index (Phi) is 6.73. The Morgan fingerprint density at radius 2 is 1.78 bits per heavy atom. The molecule has 1 aliphatic heterocycles. The maximum atomic E-state index is 12.7. The Hall–Kier alpha value is -1.22. The first-order valence-corrected chi connectivity index (χ1v) is 12.0. The maximum absolute atomic E-state index is 12.7. The molecule has 5 nitrogen and oxygen atoms in total. The predicted octanol–water partition coefficient (Wildman–Crippen LogP) is 3.89. The second-order valence-electron chi connectivity index (χ2n) is 6.74. The van der Waals surface area contributed by atoms with E-state index in [1.165, 1.54) is 11.3 Å². The molecule has 0 saturated carbocycles. The molecule has 0 spiro atoms. The van der Waals surface area contributed by atoms with Crippen LogP contribution in [0.3, 0.4) is 0 Å². The number of amides is 1. The third kappa shape index (κ3) is 5.19.